The van der Waals surface area contributed by atoms with E-state index in [1.165, 1.54) is 6.42 Å². The molecule has 1 heterocycles. The van der Waals surface area contributed by atoms with Gasteiger partial charge in [0.1, 0.15) is 0 Å². The zero-order chi connectivity index (χ0) is 8.60. The van der Waals surface area contributed by atoms with Gasteiger partial charge in [-0.3, -0.25) is 0 Å². The molecule has 0 aromatic carbocycles. The van der Waals surface area contributed by atoms with E-state index < -0.39 is 0 Å². The lowest BCUT2D eigenvalue weighted by Gasteiger charge is -2.03. The van der Waals surface area contributed by atoms with Crippen LogP contribution in [-0.2, 0) is 6.54 Å². The van der Waals surface area contributed by atoms with E-state index in [4.69, 9.17) is 0 Å². The molecule has 2 rings (SSSR count). The summed E-state index contributed by atoms with van der Waals surface area (Å²) in [5, 5.41) is 3.48. The van der Waals surface area contributed by atoms with Crippen molar-refractivity contribution in [1.29, 1.82) is 0 Å². The summed E-state index contributed by atoms with van der Waals surface area (Å²) in [4.78, 5) is 7.04. The number of hydrogen-bond donors (Lipinski definition) is 2. The Labute approximate surface area is 72.6 Å². The topological polar surface area (TPSA) is 40.7 Å². The van der Waals surface area contributed by atoms with Crippen LogP contribution in [0.4, 0.5) is 0 Å². The first-order valence-corrected chi connectivity index (χ1v) is 4.39. The standard InChI is InChI=1S/C9H15N3/c1-9(2)3-8(9)11-5-7-4-10-6-12-7/h4,6,8,11H,3,5H2,1-2H3,(H,10,12). The van der Waals surface area contributed by atoms with Crippen LogP contribution in [0.2, 0.25) is 0 Å². The molecule has 1 unspecified atom stereocenters. The zero-order valence-corrected chi connectivity index (χ0v) is 7.59. The summed E-state index contributed by atoms with van der Waals surface area (Å²) in [6, 6.07) is 0.695. The number of H-pyrrole nitrogens is 1. The number of nitrogens with one attached hydrogen (secondary N) is 2. The summed E-state index contributed by atoms with van der Waals surface area (Å²) >= 11 is 0. The van der Waals surface area contributed by atoms with Gasteiger partial charge in [-0.05, 0) is 11.8 Å². The average Bonchev–Trinajstić information content (AvgIpc) is 2.54. The van der Waals surface area contributed by atoms with E-state index in [0.717, 1.165) is 12.2 Å². The van der Waals surface area contributed by atoms with E-state index in [9.17, 15) is 0 Å². The second-order valence-corrected chi connectivity index (χ2v) is 4.20. The Hall–Kier alpha value is -0.830. The molecule has 3 heteroatoms. The monoisotopic (exact) mass is 165 g/mol. The van der Waals surface area contributed by atoms with E-state index >= 15 is 0 Å². The summed E-state index contributed by atoms with van der Waals surface area (Å²) in [7, 11) is 0. The molecule has 3 nitrogen and oxygen atoms in total. The minimum absolute atomic E-state index is 0.514. The van der Waals surface area contributed by atoms with Crippen LogP contribution in [-0.4, -0.2) is 16.0 Å². The van der Waals surface area contributed by atoms with Crippen LogP contribution in [0, 0.1) is 5.41 Å². The van der Waals surface area contributed by atoms with Gasteiger partial charge in [-0.1, -0.05) is 13.8 Å². The maximum Gasteiger partial charge on any atom is 0.0922 e. The molecule has 0 spiro atoms. The van der Waals surface area contributed by atoms with Crippen molar-refractivity contribution in [3.63, 3.8) is 0 Å². The fourth-order valence-corrected chi connectivity index (χ4v) is 1.43. The smallest absolute Gasteiger partial charge is 0.0922 e. The molecule has 1 aliphatic carbocycles. The quantitative estimate of drug-likeness (QED) is 0.708. The van der Waals surface area contributed by atoms with Crippen molar-refractivity contribution in [2.45, 2.75) is 32.9 Å². The highest BCUT2D eigenvalue weighted by Gasteiger charge is 2.44. The van der Waals surface area contributed by atoms with Crippen LogP contribution in [0.25, 0.3) is 0 Å². The predicted molar refractivity (Wildman–Crippen MR) is 47.6 cm³/mol. The van der Waals surface area contributed by atoms with Gasteiger partial charge in [-0.2, -0.15) is 0 Å². The molecular weight excluding hydrogens is 150 g/mol. The minimum atomic E-state index is 0.514. The van der Waals surface area contributed by atoms with E-state index in [1.807, 2.05) is 6.20 Å². The summed E-state index contributed by atoms with van der Waals surface area (Å²) in [5.41, 5.74) is 1.68. The molecule has 1 aromatic heterocycles. The number of imidazole rings is 1. The molecule has 2 N–H and O–H groups in total. The fourth-order valence-electron chi connectivity index (χ4n) is 1.43. The van der Waals surface area contributed by atoms with E-state index in [2.05, 4.69) is 29.1 Å². The molecule has 1 saturated carbocycles. The average molecular weight is 165 g/mol. The predicted octanol–water partition coefficient (Wildman–Crippen LogP) is 1.30. The SMILES string of the molecule is CC1(C)CC1NCc1cnc[nH]1. The van der Waals surface area contributed by atoms with Gasteiger partial charge in [0.2, 0.25) is 0 Å². The molecule has 0 bridgehead atoms. The van der Waals surface area contributed by atoms with Crippen LogP contribution in [0.5, 0.6) is 0 Å². The van der Waals surface area contributed by atoms with Gasteiger partial charge in [0.05, 0.1) is 6.33 Å². The largest absolute Gasteiger partial charge is 0.347 e. The first-order chi connectivity index (χ1) is 5.68. The normalized spacial score (nSPS) is 25.7. The molecule has 0 radical (unpaired) electrons. The number of hydrogen-bond acceptors (Lipinski definition) is 2. The van der Waals surface area contributed by atoms with Crippen LogP contribution in [0.15, 0.2) is 12.5 Å². The van der Waals surface area contributed by atoms with Crippen molar-refractivity contribution in [1.82, 2.24) is 15.3 Å². The third-order valence-electron chi connectivity index (χ3n) is 2.61. The Balaban J connectivity index is 1.78. The highest BCUT2D eigenvalue weighted by molar-refractivity contribution is 5.03. The van der Waals surface area contributed by atoms with Crippen molar-refractivity contribution in [3.05, 3.63) is 18.2 Å². The molecule has 1 aromatic rings. The molecule has 1 fully saturated rings. The highest BCUT2D eigenvalue weighted by atomic mass is 15.0. The molecular formula is C9H15N3. The van der Waals surface area contributed by atoms with E-state index in [0.29, 0.717) is 11.5 Å². The van der Waals surface area contributed by atoms with Crippen molar-refractivity contribution < 1.29 is 0 Å². The first-order valence-electron chi connectivity index (χ1n) is 4.39. The molecule has 0 amide bonds. The van der Waals surface area contributed by atoms with Crippen molar-refractivity contribution >= 4 is 0 Å². The van der Waals surface area contributed by atoms with Gasteiger partial charge >= 0.3 is 0 Å². The number of aromatic nitrogens is 2. The second kappa shape index (κ2) is 2.59. The third kappa shape index (κ3) is 1.50. The third-order valence-corrected chi connectivity index (χ3v) is 2.61. The molecule has 1 aliphatic rings. The Morgan fingerprint density at radius 1 is 1.75 bits per heavy atom. The Kier molecular flexibility index (Phi) is 1.68. The van der Waals surface area contributed by atoms with Crippen LogP contribution < -0.4 is 5.32 Å². The lowest BCUT2D eigenvalue weighted by atomic mass is 10.2. The van der Waals surface area contributed by atoms with Crippen LogP contribution in [0.1, 0.15) is 26.0 Å². The van der Waals surface area contributed by atoms with Gasteiger partial charge in [0, 0.05) is 24.5 Å². The minimum Gasteiger partial charge on any atom is -0.347 e. The number of rotatable bonds is 3. The maximum absolute atomic E-state index is 3.96. The fraction of sp³-hybridized carbons (Fsp3) is 0.667. The van der Waals surface area contributed by atoms with Gasteiger partial charge in [-0.25, -0.2) is 4.98 Å². The van der Waals surface area contributed by atoms with Crippen LogP contribution in [0.3, 0.4) is 0 Å². The second-order valence-electron chi connectivity index (χ2n) is 4.20. The Bertz CT molecular complexity index is 251. The van der Waals surface area contributed by atoms with Gasteiger partial charge < -0.3 is 10.3 Å². The summed E-state index contributed by atoms with van der Waals surface area (Å²) < 4.78 is 0. The van der Waals surface area contributed by atoms with Crippen LogP contribution >= 0.6 is 0 Å². The molecule has 12 heavy (non-hydrogen) atoms. The van der Waals surface area contributed by atoms with Gasteiger partial charge in [-0.15, -0.1) is 0 Å². The summed E-state index contributed by atoms with van der Waals surface area (Å²) in [6.45, 7) is 5.49. The van der Waals surface area contributed by atoms with E-state index in [1.54, 1.807) is 6.33 Å². The first kappa shape index (κ1) is 7.80. The van der Waals surface area contributed by atoms with Gasteiger partial charge in [0.15, 0.2) is 0 Å². The number of nitrogens with zero attached hydrogens (tertiary/aromatic N) is 1. The maximum atomic E-state index is 3.96. The zero-order valence-electron chi connectivity index (χ0n) is 7.59. The molecule has 1 atom stereocenters. The summed E-state index contributed by atoms with van der Waals surface area (Å²) in [6.07, 6.45) is 4.87. The van der Waals surface area contributed by atoms with Gasteiger partial charge in [0.25, 0.3) is 0 Å². The lowest BCUT2D eigenvalue weighted by molar-refractivity contribution is 0.539. The number of aromatic amines is 1. The summed E-state index contributed by atoms with van der Waals surface area (Å²) in [5.74, 6) is 0. The molecule has 0 aliphatic heterocycles. The van der Waals surface area contributed by atoms with Crippen molar-refractivity contribution in [3.8, 4) is 0 Å². The molecule has 0 saturated heterocycles. The Morgan fingerprint density at radius 3 is 3.00 bits per heavy atom. The van der Waals surface area contributed by atoms with Crippen molar-refractivity contribution in [2.24, 2.45) is 5.41 Å². The van der Waals surface area contributed by atoms with E-state index in [-0.39, 0.29) is 0 Å². The highest BCUT2D eigenvalue weighted by Crippen LogP contribution is 2.44. The molecule has 66 valence electrons. The van der Waals surface area contributed by atoms with Crippen molar-refractivity contribution in [2.75, 3.05) is 0 Å². The lowest BCUT2D eigenvalue weighted by Crippen LogP contribution is -2.19. The Morgan fingerprint density at radius 2 is 2.50 bits per heavy atom.